The van der Waals surface area contributed by atoms with E-state index in [1.165, 1.54) is 12.3 Å². The summed E-state index contributed by atoms with van der Waals surface area (Å²) in [6.45, 7) is 0. The molecule has 10 heavy (non-hydrogen) atoms. The van der Waals surface area contributed by atoms with E-state index in [0.717, 1.165) is 0 Å². The molecule has 0 saturated carbocycles. The monoisotopic (exact) mass is 248 g/mol. The molecule has 2 nitrogen and oxygen atoms in total. The van der Waals surface area contributed by atoms with Crippen molar-refractivity contribution in [1.82, 2.24) is 4.98 Å². The van der Waals surface area contributed by atoms with Gasteiger partial charge in [0, 0.05) is 6.20 Å². The summed E-state index contributed by atoms with van der Waals surface area (Å²) in [5, 5.41) is 8.36. The van der Waals surface area contributed by atoms with Crippen LogP contribution in [0.5, 0.6) is 0 Å². The van der Waals surface area contributed by atoms with Gasteiger partial charge in [0.2, 0.25) is 0 Å². The first-order valence-corrected chi connectivity index (χ1v) is 3.53. The SMILES string of the molecule is N#Cc1c(F)ccnc1I. The minimum Gasteiger partial charge on any atom is -0.249 e. The molecule has 0 N–H and O–H groups in total. The van der Waals surface area contributed by atoms with Gasteiger partial charge in [-0.1, -0.05) is 0 Å². The van der Waals surface area contributed by atoms with E-state index in [1.54, 1.807) is 6.07 Å². The molecule has 0 radical (unpaired) electrons. The highest BCUT2D eigenvalue weighted by molar-refractivity contribution is 14.1. The third kappa shape index (κ3) is 1.24. The molecule has 1 heterocycles. The fourth-order valence-corrected chi connectivity index (χ4v) is 1.05. The first-order chi connectivity index (χ1) is 4.75. The molecule has 1 aromatic heterocycles. The number of hydrogen-bond acceptors (Lipinski definition) is 2. The number of nitriles is 1. The zero-order valence-electron chi connectivity index (χ0n) is 4.81. The van der Waals surface area contributed by atoms with Crippen molar-refractivity contribution in [2.24, 2.45) is 0 Å². The highest BCUT2D eigenvalue weighted by Crippen LogP contribution is 2.10. The van der Waals surface area contributed by atoms with Gasteiger partial charge < -0.3 is 0 Å². The highest BCUT2D eigenvalue weighted by Gasteiger charge is 2.04. The maximum absolute atomic E-state index is 12.6. The van der Waals surface area contributed by atoms with Gasteiger partial charge in [0.1, 0.15) is 21.2 Å². The fraction of sp³-hybridized carbons (Fsp3) is 0. The van der Waals surface area contributed by atoms with E-state index < -0.39 is 5.82 Å². The predicted octanol–water partition coefficient (Wildman–Crippen LogP) is 1.70. The molecule has 0 atom stereocenters. The minimum absolute atomic E-state index is 0.0168. The molecule has 0 saturated heterocycles. The molecule has 0 spiro atoms. The number of nitrogens with zero attached hydrogens (tertiary/aromatic N) is 2. The van der Waals surface area contributed by atoms with Crippen LogP contribution in [0.2, 0.25) is 0 Å². The van der Waals surface area contributed by atoms with Crippen LogP contribution >= 0.6 is 22.6 Å². The smallest absolute Gasteiger partial charge is 0.145 e. The molecular formula is C6H2FIN2. The van der Waals surface area contributed by atoms with Crippen LogP contribution in [0.25, 0.3) is 0 Å². The number of aromatic nitrogens is 1. The predicted molar refractivity (Wildman–Crippen MR) is 41.6 cm³/mol. The molecule has 0 aliphatic heterocycles. The Morgan fingerprint density at radius 2 is 2.40 bits per heavy atom. The Hall–Kier alpha value is -0.700. The van der Waals surface area contributed by atoms with Gasteiger partial charge >= 0.3 is 0 Å². The van der Waals surface area contributed by atoms with Crippen LogP contribution in [0, 0.1) is 20.8 Å². The molecule has 0 bridgehead atoms. The van der Waals surface area contributed by atoms with Crippen molar-refractivity contribution < 1.29 is 4.39 Å². The van der Waals surface area contributed by atoms with E-state index in [2.05, 4.69) is 4.98 Å². The van der Waals surface area contributed by atoms with Gasteiger partial charge in [-0.2, -0.15) is 5.26 Å². The molecular weight excluding hydrogens is 246 g/mol. The summed E-state index contributed by atoms with van der Waals surface area (Å²) < 4.78 is 13.0. The summed E-state index contributed by atoms with van der Waals surface area (Å²) in [5.74, 6) is -0.512. The van der Waals surface area contributed by atoms with Crippen molar-refractivity contribution in [2.75, 3.05) is 0 Å². The Morgan fingerprint density at radius 1 is 1.70 bits per heavy atom. The lowest BCUT2D eigenvalue weighted by Crippen LogP contribution is -1.90. The second kappa shape index (κ2) is 2.92. The van der Waals surface area contributed by atoms with Crippen molar-refractivity contribution in [3.63, 3.8) is 0 Å². The highest BCUT2D eigenvalue weighted by atomic mass is 127. The Labute approximate surface area is 70.8 Å². The summed E-state index contributed by atoms with van der Waals surface area (Å²) in [6, 6.07) is 2.89. The zero-order chi connectivity index (χ0) is 7.56. The summed E-state index contributed by atoms with van der Waals surface area (Å²) in [4.78, 5) is 3.73. The standard InChI is InChI=1S/C6H2FIN2/c7-5-1-2-10-6(8)4(5)3-9/h1-2H. The van der Waals surface area contributed by atoms with E-state index in [1.807, 2.05) is 22.6 Å². The average Bonchev–Trinajstić information content (AvgIpc) is 1.88. The normalized spacial score (nSPS) is 8.90. The van der Waals surface area contributed by atoms with Crippen molar-refractivity contribution in [2.45, 2.75) is 0 Å². The van der Waals surface area contributed by atoms with Crippen LogP contribution < -0.4 is 0 Å². The molecule has 0 unspecified atom stereocenters. The molecule has 0 aliphatic carbocycles. The van der Waals surface area contributed by atoms with Gasteiger partial charge in [-0.05, 0) is 28.7 Å². The lowest BCUT2D eigenvalue weighted by atomic mass is 10.3. The maximum Gasteiger partial charge on any atom is 0.145 e. The first kappa shape index (κ1) is 7.41. The Balaban J connectivity index is 3.34. The zero-order valence-corrected chi connectivity index (χ0v) is 6.96. The summed E-state index contributed by atoms with van der Waals surface area (Å²) in [6.07, 6.45) is 1.33. The lowest BCUT2D eigenvalue weighted by molar-refractivity contribution is 0.620. The van der Waals surface area contributed by atoms with E-state index in [9.17, 15) is 4.39 Å². The number of hydrogen-bond donors (Lipinski definition) is 0. The molecule has 1 rings (SSSR count). The second-order valence-corrected chi connectivity index (χ2v) is 2.59. The van der Waals surface area contributed by atoms with Crippen LogP contribution in [0.3, 0.4) is 0 Å². The quantitative estimate of drug-likeness (QED) is 0.517. The lowest BCUT2D eigenvalue weighted by Gasteiger charge is -1.92. The van der Waals surface area contributed by atoms with Crippen LogP contribution in [0.1, 0.15) is 5.56 Å². The van der Waals surface area contributed by atoms with Crippen molar-refractivity contribution in [1.29, 1.82) is 5.26 Å². The van der Waals surface area contributed by atoms with E-state index in [4.69, 9.17) is 5.26 Å². The van der Waals surface area contributed by atoms with E-state index in [-0.39, 0.29) is 5.56 Å². The molecule has 0 aromatic carbocycles. The fourth-order valence-electron chi connectivity index (χ4n) is 0.514. The molecule has 0 amide bonds. The minimum atomic E-state index is -0.512. The maximum atomic E-state index is 12.6. The van der Waals surface area contributed by atoms with Crippen molar-refractivity contribution >= 4 is 22.6 Å². The molecule has 0 fully saturated rings. The number of pyridine rings is 1. The van der Waals surface area contributed by atoms with Gasteiger partial charge in [-0.3, -0.25) is 0 Å². The Kier molecular flexibility index (Phi) is 2.17. The van der Waals surface area contributed by atoms with Crippen molar-refractivity contribution in [3.05, 3.63) is 27.3 Å². The molecule has 1 aromatic rings. The van der Waals surface area contributed by atoms with Crippen LogP contribution in [0.15, 0.2) is 12.3 Å². The summed E-state index contributed by atoms with van der Waals surface area (Å²) in [7, 11) is 0. The second-order valence-electron chi connectivity index (χ2n) is 1.57. The Morgan fingerprint density at radius 3 is 2.80 bits per heavy atom. The Bertz CT molecular complexity index is 272. The van der Waals surface area contributed by atoms with Gasteiger partial charge in [0.05, 0.1) is 0 Å². The number of rotatable bonds is 0. The molecule has 50 valence electrons. The third-order valence-electron chi connectivity index (χ3n) is 0.966. The first-order valence-electron chi connectivity index (χ1n) is 2.46. The van der Waals surface area contributed by atoms with E-state index in [0.29, 0.717) is 3.70 Å². The van der Waals surface area contributed by atoms with Gasteiger partial charge in [-0.25, -0.2) is 9.37 Å². The van der Waals surface area contributed by atoms with Gasteiger partial charge in [-0.15, -0.1) is 0 Å². The third-order valence-corrected chi connectivity index (χ3v) is 1.78. The van der Waals surface area contributed by atoms with Crippen LogP contribution in [-0.4, -0.2) is 4.98 Å². The summed E-state index contributed by atoms with van der Waals surface area (Å²) in [5.41, 5.74) is 0.0168. The molecule has 0 aliphatic rings. The van der Waals surface area contributed by atoms with Gasteiger partial charge in [0.15, 0.2) is 0 Å². The molecule has 4 heteroatoms. The number of halogens is 2. The van der Waals surface area contributed by atoms with Gasteiger partial charge in [0.25, 0.3) is 0 Å². The van der Waals surface area contributed by atoms with E-state index >= 15 is 0 Å². The topological polar surface area (TPSA) is 36.7 Å². The average molecular weight is 248 g/mol. The van der Waals surface area contributed by atoms with Crippen LogP contribution in [-0.2, 0) is 0 Å². The summed E-state index contributed by atoms with van der Waals surface area (Å²) >= 11 is 1.81. The van der Waals surface area contributed by atoms with Crippen molar-refractivity contribution in [3.8, 4) is 6.07 Å². The largest absolute Gasteiger partial charge is 0.249 e. The van der Waals surface area contributed by atoms with Crippen LogP contribution in [0.4, 0.5) is 4.39 Å².